The Hall–Kier alpha value is -2.90. The van der Waals surface area contributed by atoms with E-state index in [1.165, 1.54) is 16.6 Å². The van der Waals surface area contributed by atoms with Crippen LogP contribution in [0.4, 0.5) is 28.0 Å². The lowest BCUT2D eigenvalue weighted by atomic mass is 10.1. The molecule has 184 valence electrons. The first-order valence-corrected chi connectivity index (χ1v) is 10.7. The summed E-state index contributed by atoms with van der Waals surface area (Å²) in [6, 6.07) is 0.890. The quantitative estimate of drug-likeness (QED) is 0.482. The molecule has 2 N–H and O–H groups in total. The summed E-state index contributed by atoms with van der Waals surface area (Å²) in [7, 11) is 1.41. The average molecular weight is 505 g/mol. The Bertz CT molecular complexity index is 1110. The highest BCUT2D eigenvalue weighted by Crippen LogP contribution is 2.28. The SMILES string of the molecule is CN1O[C@H](CNCC(F)F)Cn2nc3c(c2C1=O)CN(C(=O)Nc1cc(Cl)c(F)cc1F)CC3. The number of nitrogens with zero attached hydrogens (tertiary/aromatic N) is 4. The van der Waals surface area contributed by atoms with Gasteiger partial charge < -0.3 is 15.5 Å². The summed E-state index contributed by atoms with van der Waals surface area (Å²) in [5, 5.41) is 10.1. The third-order valence-electron chi connectivity index (χ3n) is 5.48. The molecule has 0 radical (unpaired) electrons. The number of amides is 3. The molecule has 3 amide bonds. The molecule has 14 heteroatoms. The van der Waals surface area contributed by atoms with Gasteiger partial charge in [-0.25, -0.2) is 27.4 Å². The second-order valence-corrected chi connectivity index (χ2v) is 8.29. The number of urea groups is 1. The van der Waals surface area contributed by atoms with Crippen LogP contribution in [0.2, 0.25) is 5.02 Å². The lowest BCUT2D eigenvalue weighted by molar-refractivity contribution is -0.146. The summed E-state index contributed by atoms with van der Waals surface area (Å²) in [6.07, 6.45) is -2.81. The van der Waals surface area contributed by atoms with E-state index in [4.69, 9.17) is 16.4 Å². The average Bonchev–Trinajstić information content (AvgIpc) is 3.07. The summed E-state index contributed by atoms with van der Waals surface area (Å²) in [5.74, 6) is -2.42. The molecule has 0 fully saturated rings. The summed E-state index contributed by atoms with van der Waals surface area (Å²) < 4.78 is 53.7. The van der Waals surface area contributed by atoms with Gasteiger partial charge in [0, 0.05) is 38.2 Å². The number of hydrogen-bond donors (Lipinski definition) is 2. The summed E-state index contributed by atoms with van der Waals surface area (Å²) in [4.78, 5) is 32.6. The van der Waals surface area contributed by atoms with E-state index in [2.05, 4.69) is 15.7 Å². The number of hydroxylamine groups is 2. The number of anilines is 1. The molecule has 0 spiro atoms. The molecule has 0 bridgehead atoms. The number of carbonyl (C=O) groups excluding carboxylic acids is 2. The molecule has 9 nitrogen and oxygen atoms in total. The standard InChI is InChI=1S/C20H21ClF4N6O3/c1-29-19(32)18-11-9-30(20(33)27-16-4-12(21)13(22)5-14(16)23)3-2-15(11)28-31(18)8-10(34-29)6-26-7-17(24)25/h4-5,10,17,26H,2-3,6-9H2,1H3,(H,27,33)/t10-/m1/s1. The third kappa shape index (κ3) is 4.95. The van der Waals surface area contributed by atoms with E-state index >= 15 is 0 Å². The van der Waals surface area contributed by atoms with E-state index in [-0.39, 0.29) is 42.6 Å². The number of halogens is 5. The minimum atomic E-state index is -2.52. The van der Waals surface area contributed by atoms with Crippen molar-refractivity contribution in [2.75, 3.05) is 32.0 Å². The number of benzene rings is 1. The largest absolute Gasteiger partial charge is 0.322 e. The second kappa shape index (κ2) is 9.76. The van der Waals surface area contributed by atoms with Crippen molar-refractivity contribution in [2.45, 2.75) is 32.0 Å². The van der Waals surface area contributed by atoms with Gasteiger partial charge in [-0.3, -0.25) is 14.3 Å². The van der Waals surface area contributed by atoms with Crippen molar-refractivity contribution in [2.24, 2.45) is 0 Å². The molecule has 3 heterocycles. The van der Waals surface area contributed by atoms with Crippen molar-refractivity contribution in [3.63, 3.8) is 0 Å². The van der Waals surface area contributed by atoms with Gasteiger partial charge in [-0.05, 0) is 6.07 Å². The molecule has 2 aliphatic heterocycles. The van der Waals surface area contributed by atoms with Crippen molar-refractivity contribution in [1.82, 2.24) is 25.1 Å². The van der Waals surface area contributed by atoms with Gasteiger partial charge in [-0.2, -0.15) is 5.10 Å². The zero-order valence-electron chi connectivity index (χ0n) is 18.0. The molecule has 2 aromatic rings. The van der Waals surface area contributed by atoms with Crippen LogP contribution in [0.1, 0.15) is 21.7 Å². The van der Waals surface area contributed by atoms with Gasteiger partial charge in [0.1, 0.15) is 23.4 Å². The smallest absolute Gasteiger partial charge is 0.320 e. The molecule has 34 heavy (non-hydrogen) atoms. The van der Waals surface area contributed by atoms with Crippen molar-refractivity contribution >= 4 is 29.2 Å². The molecular formula is C20H21ClF4N6O3. The highest BCUT2D eigenvalue weighted by atomic mass is 35.5. The van der Waals surface area contributed by atoms with E-state index in [1.54, 1.807) is 0 Å². The zero-order chi connectivity index (χ0) is 24.6. The molecular weight excluding hydrogens is 484 g/mol. The van der Waals surface area contributed by atoms with Crippen LogP contribution < -0.4 is 10.6 Å². The van der Waals surface area contributed by atoms with Gasteiger partial charge >= 0.3 is 6.03 Å². The first-order chi connectivity index (χ1) is 16.1. The minimum Gasteiger partial charge on any atom is -0.320 e. The highest BCUT2D eigenvalue weighted by molar-refractivity contribution is 6.31. The second-order valence-electron chi connectivity index (χ2n) is 7.88. The van der Waals surface area contributed by atoms with Crippen LogP contribution >= 0.6 is 11.6 Å². The van der Waals surface area contributed by atoms with Crippen LogP contribution in [0.5, 0.6) is 0 Å². The predicted octanol–water partition coefficient (Wildman–Crippen LogP) is 2.65. The molecule has 0 aliphatic carbocycles. The molecule has 1 aromatic heterocycles. The number of alkyl halides is 2. The topological polar surface area (TPSA) is 91.7 Å². The van der Waals surface area contributed by atoms with Gasteiger partial charge in [0.05, 0.1) is 36.0 Å². The Labute approximate surface area is 196 Å². The van der Waals surface area contributed by atoms with E-state index < -0.39 is 42.6 Å². The van der Waals surface area contributed by atoms with Crippen LogP contribution in [-0.4, -0.2) is 70.9 Å². The van der Waals surface area contributed by atoms with Crippen molar-refractivity contribution in [1.29, 1.82) is 0 Å². The summed E-state index contributed by atoms with van der Waals surface area (Å²) in [6.45, 7) is -0.0387. The Morgan fingerprint density at radius 2 is 2.09 bits per heavy atom. The number of carbonyl (C=O) groups is 2. The molecule has 0 saturated carbocycles. The van der Waals surface area contributed by atoms with Gasteiger partial charge in [-0.15, -0.1) is 0 Å². The predicted molar refractivity (Wildman–Crippen MR) is 113 cm³/mol. The van der Waals surface area contributed by atoms with Crippen LogP contribution in [0.3, 0.4) is 0 Å². The van der Waals surface area contributed by atoms with Crippen LogP contribution in [-0.2, 0) is 24.3 Å². The van der Waals surface area contributed by atoms with E-state index in [1.807, 2.05) is 0 Å². The fourth-order valence-corrected chi connectivity index (χ4v) is 4.05. The van der Waals surface area contributed by atoms with E-state index in [0.29, 0.717) is 23.7 Å². The molecule has 0 unspecified atom stereocenters. The highest BCUT2D eigenvalue weighted by Gasteiger charge is 2.35. The molecule has 2 aliphatic rings. The number of hydrogen-bond acceptors (Lipinski definition) is 5. The summed E-state index contributed by atoms with van der Waals surface area (Å²) in [5.41, 5.74) is 1.08. The maximum atomic E-state index is 14.0. The van der Waals surface area contributed by atoms with Crippen molar-refractivity contribution in [3.8, 4) is 0 Å². The first-order valence-electron chi connectivity index (χ1n) is 10.4. The summed E-state index contributed by atoms with van der Waals surface area (Å²) >= 11 is 5.68. The van der Waals surface area contributed by atoms with Gasteiger partial charge in [-0.1, -0.05) is 11.6 Å². The van der Waals surface area contributed by atoms with Crippen LogP contribution in [0.25, 0.3) is 0 Å². The van der Waals surface area contributed by atoms with E-state index in [0.717, 1.165) is 11.1 Å². The number of rotatable bonds is 5. The lowest BCUT2D eigenvalue weighted by Crippen LogP contribution is -2.40. The monoisotopic (exact) mass is 504 g/mol. The fraction of sp³-hybridized carbons (Fsp3) is 0.450. The Kier molecular flexibility index (Phi) is 6.96. The Balaban J connectivity index is 1.52. The Morgan fingerprint density at radius 3 is 2.82 bits per heavy atom. The molecule has 0 saturated heterocycles. The number of nitrogens with one attached hydrogen (secondary N) is 2. The van der Waals surface area contributed by atoms with Crippen molar-refractivity contribution < 1.29 is 32.0 Å². The fourth-order valence-electron chi connectivity index (χ4n) is 3.89. The number of fused-ring (bicyclic) bond motifs is 3. The molecule has 1 atom stereocenters. The van der Waals surface area contributed by atoms with Crippen LogP contribution in [0, 0.1) is 11.6 Å². The van der Waals surface area contributed by atoms with Gasteiger partial charge in [0.15, 0.2) is 0 Å². The van der Waals surface area contributed by atoms with Crippen LogP contribution in [0.15, 0.2) is 12.1 Å². The normalized spacial score (nSPS) is 18.1. The van der Waals surface area contributed by atoms with Crippen molar-refractivity contribution in [3.05, 3.63) is 45.7 Å². The van der Waals surface area contributed by atoms with E-state index in [9.17, 15) is 27.2 Å². The molecule has 4 rings (SSSR count). The third-order valence-corrected chi connectivity index (χ3v) is 5.77. The Morgan fingerprint density at radius 1 is 1.32 bits per heavy atom. The molecule has 1 aromatic carbocycles. The number of aromatic nitrogens is 2. The maximum absolute atomic E-state index is 14.0. The zero-order valence-corrected chi connectivity index (χ0v) is 18.7. The minimum absolute atomic E-state index is 0.0148. The lowest BCUT2D eigenvalue weighted by Gasteiger charge is -2.27. The first kappa shape index (κ1) is 24.2. The maximum Gasteiger partial charge on any atom is 0.322 e. The van der Waals surface area contributed by atoms with Gasteiger partial charge in [0.2, 0.25) is 0 Å². The van der Waals surface area contributed by atoms with Gasteiger partial charge in [0.25, 0.3) is 12.3 Å².